The van der Waals surface area contributed by atoms with Crippen LogP contribution in [0.3, 0.4) is 0 Å². The van der Waals surface area contributed by atoms with Gasteiger partial charge in [0.1, 0.15) is 11.5 Å². The van der Waals surface area contributed by atoms with Crippen molar-refractivity contribution >= 4 is 11.9 Å². The molecule has 3 unspecified atom stereocenters. The number of methoxy groups -OCH3 is 1. The minimum atomic E-state index is -0.717. The van der Waals surface area contributed by atoms with Gasteiger partial charge in [-0.2, -0.15) is 0 Å². The van der Waals surface area contributed by atoms with Crippen LogP contribution in [0.1, 0.15) is 19.8 Å². The molecular formula is C11H14O4. The van der Waals surface area contributed by atoms with Gasteiger partial charge in [-0.05, 0) is 18.8 Å². The van der Waals surface area contributed by atoms with Gasteiger partial charge in [0.05, 0.1) is 7.11 Å². The van der Waals surface area contributed by atoms with Crippen LogP contribution in [0.15, 0.2) is 12.2 Å². The van der Waals surface area contributed by atoms with Gasteiger partial charge in [-0.25, -0.2) is 0 Å². The highest BCUT2D eigenvalue weighted by molar-refractivity contribution is 5.82. The van der Waals surface area contributed by atoms with Gasteiger partial charge in [0.15, 0.2) is 0 Å². The third-order valence-electron chi connectivity index (χ3n) is 3.23. The Kier molecular flexibility index (Phi) is 2.29. The normalized spacial score (nSPS) is 36.7. The zero-order valence-electron chi connectivity index (χ0n) is 8.86. The summed E-state index contributed by atoms with van der Waals surface area (Å²) in [4.78, 5) is 22.7. The molecule has 0 N–H and O–H groups in total. The Labute approximate surface area is 88.2 Å². The number of carbonyl (C=O) groups excluding carboxylic acids is 2. The second-order valence-corrected chi connectivity index (χ2v) is 4.19. The minimum absolute atomic E-state index is 0.301. The Morgan fingerprint density at radius 3 is 2.73 bits per heavy atom. The molecular weight excluding hydrogens is 196 g/mol. The molecule has 2 aliphatic rings. The SMILES string of the molecule is COC(=O)C12C=CC(CC1OC(C)=O)C2. The Balaban J connectivity index is 2.23. The van der Waals surface area contributed by atoms with E-state index in [1.54, 1.807) is 0 Å². The van der Waals surface area contributed by atoms with Crippen LogP contribution in [0.25, 0.3) is 0 Å². The van der Waals surface area contributed by atoms with Crippen molar-refractivity contribution in [3.63, 3.8) is 0 Å². The average molecular weight is 210 g/mol. The number of esters is 2. The van der Waals surface area contributed by atoms with Crippen LogP contribution in [0.4, 0.5) is 0 Å². The summed E-state index contributed by atoms with van der Waals surface area (Å²) in [6, 6.07) is 0. The van der Waals surface area contributed by atoms with Crippen molar-refractivity contribution in [1.82, 2.24) is 0 Å². The first kappa shape index (κ1) is 10.2. The monoisotopic (exact) mass is 210 g/mol. The molecule has 1 fully saturated rings. The highest BCUT2D eigenvalue weighted by Gasteiger charge is 2.56. The number of allylic oxidation sites excluding steroid dienone is 1. The Morgan fingerprint density at radius 2 is 2.20 bits per heavy atom. The third kappa shape index (κ3) is 1.44. The molecule has 4 heteroatoms. The fourth-order valence-electron chi connectivity index (χ4n) is 2.59. The molecule has 0 saturated heterocycles. The molecule has 0 aromatic heterocycles. The lowest BCUT2D eigenvalue weighted by molar-refractivity contribution is -0.163. The molecule has 0 spiro atoms. The van der Waals surface area contributed by atoms with E-state index in [2.05, 4.69) is 0 Å². The Bertz CT molecular complexity index is 333. The summed E-state index contributed by atoms with van der Waals surface area (Å²) in [5.41, 5.74) is -0.717. The maximum Gasteiger partial charge on any atom is 0.319 e. The van der Waals surface area contributed by atoms with E-state index in [0.717, 1.165) is 6.42 Å². The van der Waals surface area contributed by atoms with Gasteiger partial charge in [-0.3, -0.25) is 9.59 Å². The first-order valence-electron chi connectivity index (χ1n) is 5.03. The zero-order valence-corrected chi connectivity index (χ0v) is 8.86. The van der Waals surface area contributed by atoms with E-state index in [-0.39, 0.29) is 18.0 Å². The van der Waals surface area contributed by atoms with Gasteiger partial charge < -0.3 is 9.47 Å². The summed E-state index contributed by atoms with van der Waals surface area (Å²) in [6.07, 6.45) is 4.93. The molecule has 0 aromatic rings. The molecule has 0 aliphatic heterocycles. The van der Waals surface area contributed by atoms with Crippen LogP contribution in [0.2, 0.25) is 0 Å². The molecule has 0 heterocycles. The molecule has 2 aliphatic carbocycles. The van der Waals surface area contributed by atoms with Crippen LogP contribution >= 0.6 is 0 Å². The van der Waals surface area contributed by atoms with Crippen LogP contribution in [0.5, 0.6) is 0 Å². The van der Waals surface area contributed by atoms with E-state index in [0.29, 0.717) is 12.3 Å². The predicted octanol–water partition coefficient (Wildman–Crippen LogP) is 1.06. The van der Waals surface area contributed by atoms with E-state index in [1.165, 1.54) is 14.0 Å². The number of rotatable bonds is 2. The molecule has 2 bridgehead atoms. The topological polar surface area (TPSA) is 52.6 Å². The van der Waals surface area contributed by atoms with Crippen LogP contribution in [-0.4, -0.2) is 25.2 Å². The van der Waals surface area contributed by atoms with E-state index in [9.17, 15) is 9.59 Å². The summed E-state index contributed by atoms with van der Waals surface area (Å²) in [7, 11) is 1.36. The molecule has 4 nitrogen and oxygen atoms in total. The number of hydrogen-bond acceptors (Lipinski definition) is 4. The molecule has 82 valence electrons. The second kappa shape index (κ2) is 3.36. The second-order valence-electron chi connectivity index (χ2n) is 4.19. The van der Waals surface area contributed by atoms with Crippen molar-refractivity contribution in [2.45, 2.75) is 25.9 Å². The van der Waals surface area contributed by atoms with Crippen LogP contribution < -0.4 is 0 Å². The quantitative estimate of drug-likeness (QED) is 0.505. The summed E-state index contributed by atoms with van der Waals surface area (Å²) >= 11 is 0. The predicted molar refractivity (Wildman–Crippen MR) is 51.9 cm³/mol. The van der Waals surface area contributed by atoms with Crippen LogP contribution in [-0.2, 0) is 19.1 Å². The fourth-order valence-corrected chi connectivity index (χ4v) is 2.59. The Morgan fingerprint density at radius 1 is 1.47 bits per heavy atom. The molecule has 1 saturated carbocycles. The maximum atomic E-state index is 11.7. The Hall–Kier alpha value is -1.32. The van der Waals surface area contributed by atoms with Gasteiger partial charge in [-0.15, -0.1) is 0 Å². The first-order chi connectivity index (χ1) is 7.08. The highest BCUT2D eigenvalue weighted by atomic mass is 16.6. The molecule has 0 amide bonds. The van der Waals surface area contributed by atoms with Gasteiger partial charge in [-0.1, -0.05) is 12.2 Å². The number of fused-ring (bicyclic) bond motifs is 2. The van der Waals surface area contributed by atoms with Crippen molar-refractivity contribution < 1.29 is 19.1 Å². The van der Waals surface area contributed by atoms with Crippen molar-refractivity contribution in [2.75, 3.05) is 7.11 Å². The summed E-state index contributed by atoms with van der Waals surface area (Å²) in [5.74, 6) is -0.303. The molecule has 0 radical (unpaired) electrons. The van der Waals surface area contributed by atoms with E-state index in [4.69, 9.17) is 9.47 Å². The van der Waals surface area contributed by atoms with E-state index >= 15 is 0 Å². The zero-order chi connectivity index (χ0) is 11.1. The minimum Gasteiger partial charge on any atom is -0.468 e. The van der Waals surface area contributed by atoms with Crippen molar-refractivity contribution in [3.8, 4) is 0 Å². The van der Waals surface area contributed by atoms with Crippen molar-refractivity contribution in [2.24, 2.45) is 11.3 Å². The summed E-state index contributed by atoms with van der Waals surface area (Å²) in [5, 5.41) is 0. The molecule has 15 heavy (non-hydrogen) atoms. The van der Waals surface area contributed by atoms with Gasteiger partial charge in [0.2, 0.25) is 0 Å². The molecule has 0 aromatic carbocycles. The van der Waals surface area contributed by atoms with Gasteiger partial charge in [0, 0.05) is 6.92 Å². The highest BCUT2D eigenvalue weighted by Crippen LogP contribution is 2.51. The lowest BCUT2D eigenvalue weighted by atomic mass is 9.85. The average Bonchev–Trinajstić information content (AvgIpc) is 2.74. The van der Waals surface area contributed by atoms with E-state index < -0.39 is 5.41 Å². The van der Waals surface area contributed by atoms with Crippen molar-refractivity contribution in [3.05, 3.63) is 12.2 Å². The van der Waals surface area contributed by atoms with Crippen LogP contribution in [0, 0.1) is 11.3 Å². The number of ether oxygens (including phenoxy) is 2. The molecule has 2 rings (SSSR count). The van der Waals surface area contributed by atoms with E-state index in [1.807, 2.05) is 12.2 Å². The van der Waals surface area contributed by atoms with Crippen molar-refractivity contribution in [1.29, 1.82) is 0 Å². The smallest absolute Gasteiger partial charge is 0.319 e. The lowest BCUT2D eigenvalue weighted by Gasteiger charge is -2.28. The van der Waals surface area contributed by atoms with Gasteiger partial charge in [0.25, 0.3) is 0 Å². The molecule has 3 atom stereocenters. The number of hydrogen-bond donors (Lipinski definition) is 0. The standard InChI is InChI=1S/C11H14O4/c1-7(12)15-9-5-8-3-4-11(9,6-8)10(13)14-2/h3-4,8-9H,5-6H2,1-2H3. The summed E-state index contributed by atoms with van der Waals surface area (Å²) < 4.78 is 9.97. The fraction of sp³-hybridized carbons (Fsp3) is 0.636. The summed E-state index contributed by atoms with van der Waals surface area (Å²) in [6.45, 7) is 1.36. The maximum absolute atomic E-state index is 11.7. The largest absolute Gasteiger partial charge is 0.468 e. The first-order valence-corrected chi connectivity index (χ1v) is 5.03. The van der Waals surface area contributed by atoms with Gasteiger partial charge >= 0.3 is 11.9 Å². The lowest BCUT2D eigenvalue weighted by Crippen LogP contribution is -2.39. The number of carbonyl (C=O) groups is 2. The third-order valence-corrected chi connectivity index (χ3v) is 3.23.